The summed E-state index contributed by atoms with van der Waals surface area (Å²) in [5, 5.41) is 36.8. The van der Waals surface area contributed by atoms with Gasteiger partial charge in [0.05, 0.1) is 141 Å². The molecule has 0 amide bonds. The van der Waals surface area contributed by atoms with E-state index in [0.717, 1.165) is 61.2 Å². The second kappa shape index (κ2) is 68.8. The van der Waals surface area contributed by atoms with Crippen LogP contribution in [0.25, 0.3) is 0 Å². The molecule has 0 aliphatic carbocycles. The molecule has 17 rings (SSSR count). The molecular formula is C105H129O33P2S5+. The van der Waals surface area contributed by atoms with Gasteiger partial charge < -0.3 is 86.7 Å². The normalized spacial score (nSPS) is 22.5. The molecule has 8 unspecified atom stereocenters. The molecule has 33 nitrogen and oxygen atoms in total. The lowest BCUT2D eigenvalue weighted by atomic mass is 10.1. The van der Waals surface area contributed by atoms with E-state index in [2.05, 4.69) is 57.5 Å². The Balaban J connectivity index is 0.000000191. The van der Waals surface area contributed by atoms with Gasteiger partial charge in [0.15, 0.2) is 37.7 Å². The summed E-state index contributed by atoms with van der Waals surface area (Å²) >= 11 is 2.57. The number of aliphatic hydroxyl groups excluding tert-OH is 4. The number of fused-ring (bicyclic) bond motifs is 1. The van der Waals surface area contributed by atoms with Crippen molar-refractivity contribution in [3.63, 3.8) is 0 Å². The average molecular weight is 2140 g/mol. The van der Waals surface area contributed by atoms with Crippen LogP contribution >= 0.6 is 15.9 Å². The Bertz CT molecular complexity index is 5680. The zero-order valence-electron chi connectivity index (χ0n) is 81.8. The van der Waals surface area contributed by atoms with E-state index >= 15 is 0 Å². The number of hydrogen-bond donors (Lipinski definition) is 4. The van der Waals surface area contributed by atoms with Crippen molar-refractivity contribution in [2.24, 2.45) is 0 Å². The van der Waals surface area contributed by atoms with Crippen molar-refractivity contribution in [3.05, 3.63) is 395 Å². The van der Waals surface area contributed by atoms with Crippen LogP contribution in [0.3, 0.4) is 0 Å². The molecule has 17 atom stereocenters. The molecule has 6 heterocycles. The molecule has 786 valence electrons. The van der Waals surface area contributed by atoms with Gasteiger partial charge in [-0.15, -0.1) is 0 Å². The van der Waals surface area contributed by atoms with Crippen LogP contribution in [0.15, 0.2) is 334 Å². The second-order valence-corrected chi connectivity index (χ2v) is 39.1. The van der Waals surface area contributed by atoms with Crippen LogP contribution in [-0.4, -0.2) is 218 Å². The highest BCUT2D eigenvalue weighted by Gasteiger charge is 2.43. The molecular weight excluding hydrogens is 2010 g/mol. The fourth-order valence-corrected chi connectivity index (χ4v) is 16.9. The number of ether oxygens (including phenoxy) is 14. The first-order valence-electron chi connectivity index (χ1n) is 46.9. The summed E-state index contributed by atoms with van der Waals surface area (Å²) in [5.41, 5.74) is 11.4. The monoisotopic (exact) mass is 2140 g/mol. The largest absolute Gasteiger partial charge is 0.400 e. The molecule has 0 saturated carbocycles. The molecule has 6 saturated heterocycles. The van der Waals surface area contributed by atoms with Crippen molar-refractivity contribution in [3.8, 4) is 0 Å². The third-order valence-electron chi connectivity index (χ3n) is 21.1. The van der Waals surface area contributed by atoms with Crippen molar-refractivity contribution in [2.45, 2.75) is 159 Å². The van der Waals surface area contributed by atoms with E-state index in [9.17, 15) is 39.7 Å². The topological polar surface area (TPSA) is 403 Å². The van der Waals surface area contributed by atoms with Crippen LogP contribution in [-0.2, 0) is 207 Å². The third kappa shape index (κ3) is 46.6. The van der Waals surface area contributed by atoms with Gasteiger partial charge in [-0.1, -0.05) is 347 Å². The zero-order chi connectivity index (χ0) is 104. The van der Waals surface area contributed by atoms with Crippen LogP contribution in [0.2, 0.25) is 0 Å². The summed E-state index contributed by atoms with van der Waals surface area (Å²) in [4.78, 5) is 0. The van der Waals surface area contributed by atoms with Gasteiger partial charge in [0.25, 0.3) is 0 Å². The van der Waals surface area contributed by atoms with E-state index < -0.39 is 124 Å². The highest BCUT2D eigenvalue weighted by atomic mass is 32.6. The first-order chi connectivity index (χ1) is 70.9. The van der Waals surface area contributed by atoms with Crippen molar-refractivity contribution < 1.29 is 150 Å². The van der Waals surface area contributed by atoms with Gasteiger partial charge in [0.1, 0.15) is 73.2 Å². The van der Waals surface area contributed by atoms with Gasteiger partial charge in [-0.25, -0.2) is 25.1 Å². The molecule has 0 spiro atoms. The van der Waals surface area contributed by atoms with E-state index in [1.807, 2.05) is 323 Å². The fraction of sp³-hybridized carbons (Fsp3) is 0.371. The van der Waals surface area contributed by atoms with Crippen molar-refractivity contribution in [1.29, 1.82) is 1.28 Å². The number of benzene rings is 11. The standard InChI is InChI=1S/C25H26O4.C18H20O6S.C18H20O5S.C18H22O4.C11H12O6S.C9H12O2.C4H8O6S.C2H6.H2P2S/c1-4-10-20(11-5-1)16-26-18-24-23(27-17-21-12-6-2-7-13-21)19-28-25(29-24)22-14-8-3-9-15-22;19-25(20)23-14-17(22-12-16-9-5-2-6-10-16)18(24-25)13-21-11-15-7-3-1-4-8-15;19-24-22-14-17(21-12-16-9-5-2-6-10-16)18(23-24)13-20-11-15-7-3-1-4-8-15;19-11-18(22-13-16-9-5-2-6-10-16)17(20)14-21-12-15-7-3-1-4-8-15;12-18(13)15-7-9-10(17-18)6-14-11(16-9)8-4-2-1-3-5-8;1-10-9(11-2)8-6-4-3-5-7-8;5-1-4-3(6)2-9-11(7,8)10-4;1-2;1-2-3/h1-15,23-25H,16-19H2;1-10,17-18H,11-14H2;1-10,17-18H,11-14H2;1-10,17-20H,11-14H2;1-5,9-11H,6-7H2;3-7,9H,1-2H3;3-6H,1-2H2;1-2H3;1H2/p+1/t23-,24?,25-;17-,18?;17-,18?,24+;17?,18-;9?,10-,11-;;3-,4?;;/m11110.1../s1/i/hT. The number of methoxy groups -OCH3 is 2. The van der Waals surface area contributed by atoms with Gasteiger partial charge in [-0.05, 0) is 44.5 Å². The molecule has 40 heteroatoms. The molecule has 6 aliphatic heterocycles. The quantitative estimate of drug-likeness (QED) is 0.0209. The average Bonchev–Trinajstić information content (AvgIpc) is 0.797. The summed E-state index contributed by atoms with van der Waals surface area (Å²) in [6.45, 7) is 7.09. The minimum Gasteiger partial charge on any atom is -0.394 e. The lowest BCUT2D eigenvalue weighted by Crippen LogP contribution is -2.49. The van der Waals surface area contributed by atoms with Crippen molar-refractivity contribution >= 4 is 70.3 Å². The van der Waals surface area contributed by atoms with Gasteiger partial charge in [-0.2, -0.15) is 29.5 Å². The predicted molar refractivity (Wildman–Crippen MR) is 549 cm³/mol. The summed E-state index contributed by atoms with van der Waals surface area (Å²) in [7, 11) is -6.44. The molecule has 11 aromatic carbocycles. The number of aliphatic hydroxyl groups is 4. The lowest BCUT2D eigenvalue weighted by molar-refractivity contribution is -0.276. The Kier molecular flexibility index (Phi) is 56.1. The predicted octanol–water partition coefficient (Wildman–Crippen LogP) is 15.0. The van der Waals surface area contributed by atoms with E-state index in [1.54, 1.807) is 14.2 Å². The molecule has 0 bridgehead atoms. The van der Waals surface area contributed by atoms with Crippen molar-refractivity contribution in [1.82, 2.24) is 0 Å². The van der Waals surface area contributed by atoms with Crippen LogP contribution in [0, 0.1) is 0 Å². The van der Waals surface area contributed by atoms with Crippen LogP contribution < -0.4 is 0 Å². The Morgan fingerprint density at radius 2 is 0.738 bits per heavy atom. The van der Waals surface area contributed by atoms with Gasteiger partial charge in [-0.3, -0.25) is 8.37 Å². The second-order valence-electron chi connectivity index (χ2n) is 31.8. The van der Waals surface area contributed by atoms with E-state index in [-0.39, 0.29) is 77.5 Å². The molecule has 4 N–H and O–H groups in total. The third-order valence-corrected chi connectivity index (χ3v) is 24.6. The van der Waals surface area contributed by atoms with Gasteiger partial charge in [0, 0.05) is 30.9 Å². The SMILES string of the molecule is CC.COC(OC)c1ccccc1.O=S1(=O)OCC2O[C@@H](c3ccccc3)OC[C@@H]2O1.O=S1(=O)OC[C@@H](O)C(CO)O1.O=S1(=O)OC[C@@H](OCc2ccccc2)C(COCc2ccccc2)O1.O=[S@]1OC[C@@H](OCc2ccccc2)C(COCc2ccccc2)O1.OC[C@@H](OCc1ccccc1)C(O)COCc1ccccc1.[3H][P+](P)=S.c1ccc(COCC2O[C@H](c3ccccc3)OC[C@H]2OCc2ccccc2)cc1. The molecule has 0 radical (unpaired) electrons. The van der Waals surface area contributed by atoms with Crippen LogP contribution in [0.1, 0.15) is 93.9 Å². The van der Waals surface area contributed by atoms with Gasteiger partial charge in [0.2, 0.25) is 0 Å². The minimum atomic E-state index is -4.00. The first-order valence-corrected chi connectivity index (χ1v) is 55.0. The fourth-order valence-electron chi connectivity index (χ4n) is 13.7. The van der Waals surface area contributed by atoms with Crippen molar-refractivity contribution in [2.75, 3.05) is 93.5 Å². The number of hydrogen-bond acceptors (Lipinski definition) is 34. The first kappa shape index (κ1) is 118. The van der Waals surface area contributed by atoms with E-state index in [1.165, 1.54) is 0 Å². The smallest absolute Gasteiger partial charge is 0.394 e. The highest BCUT2D eigenvalue weighted by Crippen LogP contribution is 2.33. The van der Waals surface area contributed by atoms with Crippen LogP contribution in [0.4, 0.5) is 0 Å². The van der Waals surface area contributed by atoms with E-state index in [4.69, 9.17) is 98.7 Å². The minimum absolute atomic E-state index is 0.0420. The maximum Gasteiger partial charge on any atom is 0.400 e. The zero-order valence-corrected chi connectivity index (χ0v) is 86.9. The highest BCUT2D eigenvalue weighted by molar-refractivity contribution is 8.24. The summed E-state index contributed by atoms with van der Waals surface area (Å²) in [6.07, 6.45) is -8.36. The molecule has 6 aliphatic rings. The van der Waals surface area contributed by atoms with E-state index in [0.29, 0.717) is 72.7 Å². The molecule has 6 fully saturated rings. The maximum atomic E-state index is 11.6. The summed E-state index contributed by atoms with van der Waals surface area (Å²) < 4.78 is 201. The Hall–Kier alpha value is -8.67. The number of rotatable bonds is 36. The molecule has 11 aromatic rings. The molecule has 0 aromatic heterocycles. The summed E-state index contributed by atoms with van der Waals surface area (Å²) in [5.74, 6) is 0. The molecule has 145 heavy (non-hydrogen) atoms. The Labute approximate surface area is 862 Å². The Morgan fingerprint density at radius 3 is 1.14 bits per heavy atom. The Morgan fingerprint density at radius 1 is 0.407 bits per heavy atom. The van der Waals surface area contributed by atoms with Crippen LogP contribution in [0.5, 0.6) is 0 Å². The lowest BCUT2D eigenvalue weighted by Gasteiger charge is -2.37. The van der Waals surface area contributed by atoms with Gasteiger partial charge >= 0.3 is 43.8 Å². The maximum absolute atomic E-state index is 11.6. The summed E-state index contributed by atoms with van der Waals surface area (Å²) in [6, 6.07) is 108.